The lowest BCUT2D eigenvalue weighted by atomic mass is 10.0. The van der Waals surface area contributed by atoms with Crippen molar-refractivity contribution in [1.82, 2.24) is 4.57 Å². The molecule has 0 saturated carbocycles. The van der Waals surface area contributed by atoms with Crippen LogP contribution in [0.3, 0.4) is 0 Å². The topological polar surface area (TPSA) is 57.2 Å². The first-order valence-electron chi connectivity index (χ1n) is 6.64. The summed E-state index contributed by atoms with van der Waals surface area (Å²) in [4.78, 5) is 12.9. The zero-order chi connectivity index (χ0) is 15.0. The summed E-state index contributed by atoms with van der Waals surface area (Å²) in [6.45, 7) is 0. The van der Waals surface area contributed by atoms with E-state index in [1.54, 1.807) is 25.3 Å². The monoisotopic (exact) mass is 280 g/mol. The molecule has 4 heteroatoms. The van der Waals surface area contributed by atoms with Gasteiger partial charge in [-0.05, 0) is 24.3 Å². The zero-order valence-corrected chi connectivity index (χ0v) is 12.0. The third kappa shape index (κ3) is 2.14. The number of hydrogen-bond donors (Lipinski definition) is 1. The fourth-order valence-corrected chi connectivity index (χ4v) is 2.57. The molecular formula is C17H16N2O2. The minimum Gasteiger partial charge on any atom is -0.496 e. The van der Waals surface area contributed by atoms with E-state index in [0.717, 1.165) is 10.9 Å². The van der Waals surface area contributed by atoms with Crippen LogP contribution >= 0.6 is 0 Å². The van der Waals surface area contributed by atoms with Gasteiger partial charge in [0.05, 0.1) is 12.7 Å². The average molecular weight is 280 g/mol. The molecule has 0 aliphatic rings. The Morgan fingerprint density at radius 2 is 1.90 bits per heavy atom. The summed E-state index contributed by atoms with van der Waals surface area (Å²) in [7, 11) is 3.47. The van der Waals surface area contributed by atoms with Gasteiger partial charge in [0.1, 0.15) is 5.75 Å². The second-order valence-corrected chi connectivity index (χ2v) is 4.96. The number of aryl methyl sites for hydroxylation is 1. The molecule has 0 fully saturated rings. The normalized spacial score (nSPS) is 10.8. The minimum absolute atomic E-state index is 0.0871. The van der Waals surface area contributed by atoms with Gasteiger partial charge in [0, 0.05) is 35.4 Å². The van der Waals surface area contributed by atoms with Gasteiger partial charge in [-0.2, -0.15) is 0 Å². The quantitative estimate of drug-likeness (QED) is 0.592. The maximum atomic E-state index is 12.9. The van der Waals surface area contributed by atoms with Crippen LogP contribution in [0.15, 0.2) is 48.7 Å². The third-order valence-corrected chi connectivity index (χ3v) is 3.61. The molecule has 0 bridgehead atoms. The molecule has 21 heavy (non-hydrogen) atoms. The van der Waals surface area contributed by atoms with E-state index in [2.05, 4.69) is 0 Å². The predicted molar refractivity (Wildman–Crippen MR) is 83.8 cm³/mol. The number of nitrogen functional groups attached to an aromatic ring is 1. The zero-order valence-electron chi connectivity index (χ0n) is 12.0. The van der Waals surface area contributed by atoms with Gasteiger partial charge in [0.25, 0.3) is 0 Å². The Bertz CT molecular complexity index is 834. The number of nitrogens with zero attached hydrogens (tertiary/aromatic N) is 1. The van der Waals surface area contributed by atoms with Crippen LogP contribution in [-0.4, -0.2) is 17.5 Å². The Labute approximate surface area is 122 Å². The first-order valence-corrected chi connectivity index (χ1v) is 6.64. The van der Waals surface area contributed by atoms with Crippen LogP contribution in [0.25, 0.3) is 10.9 Å². The fraction of sp³-hybridized carbons (Fsp3) is 0.118. The van der Waals surface area contributed by atoms with E-state index in [1.807, 2.05) is 42.1 Å². The molecule has 106 valence electrons. The minimum atomic E-state index is -0.0871. The van der Waals surface area contributed by atoms with Crippen LogP contribution in [0.2, 0.25) is 0 Å². The standard InChI is InChI=1S/C17H16N2O2/c1-19-10-14(12-5-3-4-6-15(12)19)17(20)13-9-11(18)7-8-16(13)21-2/h3-10H,18H2,1-2H3. The molecule has 0 radical (unpaired) electrons. The SMILES string of the molecule is COc1ccc(N)cc1C(=O)c1cn(C)c2ccccc12. The Hall–Kier alpha value is -2.75. The highest BCUT2D eigenvalue weighted by molar-refractivity contribution is 6.17. The van der Waals surface area contributed by atoms with E-state index in [0.29, 0.717) is 22.6 Å². The summed E-state index contributed by atoms with van der Waals surface area (Å²) in [5.74, 6) is 0.443. The fourth-order valence-electron chi connectivity index (χ4n) is 2.57. The molecule has 0 atom stereocenters. The van der Waals surface area contributed by atoms with Crippen molar-refractivity contribution in [2.75, 3.05) is 12.8 Å². The lowest BCUT2D eigenvalue weighted by Crippen LogP contribution is -2.04. The summed E-state index contributed by atoms with van der Waals surface area (Å²) >= 11 is 0. The van der Waals surface area contributed by atoms with Crippen LogP contribution in [0.5, 0.6) is 5.75 Å². The number of ether oxygens (including phenoxy) is 1. The summed E-state index contributed by atoms with van der Waals surface area (Å²) in [5.41, 5.74) is 8.49. The highest BCUT2D eigenvalue weighted by atomic mass is 16.5. The number of ketones is 1. The first kappa shape index (κ1) is 13.2. The molecule has 4 nitrogen and oxygen atoms in total. The molecule has 1 heterocycles. The number of anilines is 1. The van der Waals surface area contributed by atoms with E-state index in [9.17, 15) is 4.79 Å². The highest BCUT2D eigenvalue weighted by Crippen LogP contribution is 2.28. The Morgan fingerprint density at radius 3 is 2.67 bits per heavy atom. The smallest absolute Gasteiger partial charge is 0.198 e. The van der Waals surface area contributed by atoms with Gasteiger partial charge in [-0.15, -0.1) is 0 Å². The van der Waals surface area contributed by atoms with Crippen molar-refractivity contribution in [3.8, 4) is 5.75 Å². The molecule has 3 aromatic rings. The van der Waals surface area contributed by atoms with Crippen LogP contribution in [0, 0.1) is 0 Å². The average Bonchev–Trinajstić information content (AvgIpc) is 2.84. The molecular weight excluding hydrogens is 264 g/mol. The van der Waals surface area contributed by atoms with E-state index >= 15 is 0 Å². The van der Waals surface area contributed by atoms with Crippen molar-refractivity contribution in [3.05, 3.63) is 59.8 Å². The Balaban J connectivity index is 2.20. The largest absolute Gasteiger partial charge is 0.496 e. The highest BCUT2D eigenvalue weighted by Gasteiger charge is 2.19. The maximum absolute atomic E-state index is 12.9. The number of aromatic nitrogens is 1. The second-order valence-electron chi connectivity index (χ2n) is 4.96. The number of carbonyl (C=O) groups excluding carboxylic acids is 1. The van der Waals surface area contributed by atoms with Crippen molar-refractivity contribution in [2.45, 2.75) is 0 Å². The van der Waals surface area contributed by atoms with E-state index < -0.39 is 0 Å². The molecule has 1 aromatic heterocycles. The van der Waals surface area contributed by atoms with Crippen molar-refractivity contribution in [2.24, 2.45) is 7.05 Å². The molecule has 0 aliphatic carbocycles. The van der Waals surface area contributed by atoms with Crippen molar-refractivity contribution < 1.29 is 9.53 Å². The summed E-state index contributed by atoms with van der Waals surface area (Å²) in [6, 6.07) is 12.9. The van der Waals surface area contributed by atoms with Crippen molar-refractivity contribution >= 4 is 22.4 Å². The van der Waals surface area contributed by atoms with Gasteiger partial charge in [0.15, 0.2) is 5.78 Å². The van der Waals surface area contributed by atoms with Crippen LogP contribution in [0.4, 0.5) is 5.69 Å². The predicted octanol–water partition coefficient (Wildman–Crippen LogP) is 3.00. The molecule has 0 amide bonds. The van der Waals surface area contributed by atoms with Crippen molar-refractivity contribution in [3.63, 3.8) is 0 Å². The number of methoxy groups -OCH3 is 1. The van der Waals surface area contributed by atoms with Crippen LogP contribution < -0.4 is 10.5 Å². The maximum Gasteiger partial charge on any atom is 0.198 e. The summed E-state index contributed by atoms with van der Waals surface area (Å²) < 4.78 is 7.22. The van der Waals surface area contributed by atoms with Gasteiger partial charge >= 0.3 is 0 Å². The summed E-state index contributed by atoms with van der Waals surface area (Å²) in [5, 5.41) is 0.925. The van der Waals surface area contributed by atoms with Gasteiger partial charge < -0.3 is 15.0 Å². The van der Waals surface area contributed by atoms with Crippen LogP contribution in [-0.2, 0) is 7.05 Å². The number of benzene rings is 2. The number of carbonyl (C=O) groups is 1. The Morgan fingerprint density at radius 1 is 1.14 bits per heavy atom. The molecule has 2 aromatic carbocycles. The van der Waals surface area contributed by atoms with E-state index in [1.165, 1.54) is 0 Å². The number of para-hydroxylation sites is 1. The van der Waals surface area contributed by atoms with E-state index in [4.69, 9.17) is 10.5 Å². The van der Waals surface area contributed by atoms with Crippen molar-refractivity contribution in [1.29, 1.82) is 0 Å². The number of hydrogen-bond acceptors (Lipinski definition) is 3. The van der Waals surface area contributed by atoms with E-state index in [-0.39, 0.29) is 5.78 Å². The third-order valence-electron chi connectivity index (χ3n) is 3.61. The molecule has 3 rings (SSSR count). The van der Waals surface area contributed by atoms with Gasteiger partial charge in [-0.25, -0.2) is 0 Å². The lowest BCUT2D eigenvalue weighted by molar-refractivity contribution is 0.103. The van der Waals surface area contributed by atoms with Gasteiger partial charge in [0.2, 0.25) is 0 Å². The lowest BCUT2D eigenvalue weighted by Gasteiger charge is -2.08. The molecule has 0 unspecified atom stereocenters. The second kappa shape index (κ2) is 4.98. The number of nitrogens with two attached hydrogens (primary N) is 1. The molecule has 0 aliphatic heterocycles. The summed E-state index contributed by atoms with van der Waals surface area (Å²) in [6.07, 6.45) is 1.84. The number of fused-ring (bicyclic) bond motifs is 1. The number of rotatable bonds is 3. The molecule has 0 saturated heterocycles. The van der Waals surface area contributed by atoms with Crippen LogP contribution in [0.1, 0.15) is 15.9 Å². The van der Waals surface area contributed by atoms with Gasteiger partial charge in [-0.1, -0.05) is 18.2 Å². The molecule has 0 spiro atoms. The first-order chi connectivity index (χ1) is 10.1. The molecule has 2 N–H and O–H groups in total. The Kier molecular flexibility index (Phi) is 3.14. The van der Waals surface area contributed by atoms with Gasteiger partial charge in [-0.3, -0.25) is 4.79 Å².